The van der Waals surface area contributed by atoms with Gasteiger partial charge in [-0.25, -0.2) is 9.08 Å². The fourth-order valence-corrected chi connectivity index (χ4v) is 4.39. The van der Waals surface area contributed by atoms with Gasteiger partial charge in [0.25, 0.3) is 0 Å². The van der Waals surface area contributed by atoms with E-state index in [0.29, 0.717) is 11.6 Å². The monoisotopic (exact) mass is 330 g/mol. The third kappa shape index (κ3) is 2.22. The van der Waals surface area contributed by atoms with Gasteiger partial charge in [-0.05, 0) is 50.9 Å². The molecule has 3 aromatic rings. The molecule has 0 aliphatic carbocycles. The second-order valence-electron chi connectivity index (χ2n) is 6.17. The number of aromatic nitrogens is 3. The van der Waals surface area contributed by atoms with Crippen LogP contribution < -0.4 is 11.1 Å². The highest BCUT2D eigenvalue weighted by Crippen LogP contribution is 2.29. The average Bonchev–Trinajstić information content (AvgIpc) is 3.16. The number of fused-ring (bicyclic) bond motifs is 3. The van der Waals surface area contributed by atoms with E-state index in [-0.39, 0.29) is 0 Å². The van der Waals surface area contributed by atoms with Crippen LogP contribution in [0.5, 0.6) is 0 Å². The summed E-state index contributed by atoms with van der Waals surface area (Å²) in [6.07, 6.45) is 2.27. The zero-order chi connectivity index (χ0) is 16.1. The molecule has 4 rings (SSSR count). The van der Waals surface area contributed by atoms with E-state index in [4.69, 9.17) is 0 Å². The summed E-state index contributed by atoms with van der Waals surface area (Å²) < 4.78 is 3.82. The Morgan fingerprint density at radius 3 is 2.52 bits per heavy atom. The molecule has 23 heavy (non-hydrogen) atoms. The third-order valence-electron chi connectivity index (χ3n) is 4.50. The molecule has 2 aromatic heterocycles. The first kappa shape index (κ1) is 14.6. The van der Waals surface area contributed by atoms with E-state index < -0.39 is 11.1 Å². The molecule has 120 valence electrons. The van der Waals surface area contributed by atoms with Gasteiger partial charge in [-0.3, -0.25) is 14.5 Å². The van der Waals surface area contributed by atoms with Crippen molar-refractivity contribution in [1.82, 2.24) is 19.1 Å². The molecule has 0 unspecified atom stereocenters. The van der Waals surface area contributed by atoms with Crippen LogP contribution in [-0.2, 0) is 6.67 Å². The lowest BCUT2D eigenvalue weighted by Crippen LogP contribution is -2.43. The van der Waals surface area contributed by atoms with Gasteiger partial charge in [-0.2, -0.15) is 0 Å². The number of likely N-dealkylation sites (tertiary alicyclic amines) is 1. The second-order valence-corrected chi connectivity index (χ2v) is 7.15. The van der Waals surface area contributed by atoms with E-state index in [1.54, 1.807) is 0 Å². The predicted molar refractivity (Wildman–Crippen MR) is 91.4 cm³/mol. The van der Waals surface area contributed by atoms with Crippen LogP contribution in [-0.4, -0.2) is 32.2 Å². The molecule has 0 N–H and O–H groups in total. The number of rotatable bonds is 2. The van der Waals surface area contributed by atoms with Gasteiger partial charge < -0.3 is 0 Å². The number of hydrogen-bond acceptors (Lipinski definition) is 5. The Kier molecular flexibility index (Phi) is 3.35. The second kappa shape index (κ2) is 5.28. The minimum atomic E-state index is -0.546. The molecule has 1 saturated heterocycles. The fourth-order valence-electron chi connectivity index (χ4n) is 3.23. The zero-order valence-electron chi connectivity index (χ0n) is 13.2. The van der Waals surface area contributed by atoms with Crippen molar-refractivity contribution in [3.8, 4) is 0 Å². The molecule has 1 aliphatic heterocycles. The smallest absolute Gasteiger partial charge is 0.284 e. The Bertz CT molecular complexity index is 1020. The van der Waals surface area contributed by atoms with Crippen LogP contribution in [0.3, 0.4) is 0 Å². The van der Waals surface area contributed by atoms with Gasteiger partial charge in [0.15, 0.2) is 0 Å². The van der Waals surface area contributed by atoms with Crippen LogP contribution in [0.2, 0.25) is 0 Å². The molecule has 6 nitrogen and oxygen atoms in total. The van der Waals surface area contributed by atoms with E-state index >= 15 is 0 Å². The van der Waals surface area contributed by atoms with Crippen LogP contribution in [0.15, 0.2) is 21.7 Å². The molecule has 3 heterocycles. The lowest BCUT2D eigenvalue weighted by Gasteiger charge is -2.14. The number of nitrogens with zero attached hydrogens (tertiary/aromatic N) is 4. The maximum atomic E-state index is 12.6. The summed E-state index contributed by atoms with van der Waals surface area (Å²) >= 11 is 1.47. The lowest BCUT2D eigenvalue weighted by molar-refractivity contribution is 0.249. The van der Waals surface area contributed by atoms with Crippen molar-refractivity contribution in [2.24, 2.45) is 0 Å². The summed E-state index contributed by atoms with van der Waals surface area (Å²) in [7, 11) is 0. The molecule has 0 saturated carbocycles. The molecule has 1 aliphatic rings. The summed E-state index contributed by atoms with van der Waals surface area (Å²) in [5.41, 5.74) is 1.84. The first-order chi connectivity index (χ1) is 11.1. The highest BCUT2D eigenvalue weighted by molar-refractivity contribution is 7.23. The number of hydrogen-bond donors (Lipinski definition) is 0. The Labute approximate surface area is 136 Å². The molecule has 0 radical (unpaired) electrons. The number of aryl methyl sites for hydroxylation is 2. The quantitative estimate of drug-likeness (QED) is 0.672. The molecule has 0 bridgehead atoms. The van der Waals surface area contributed by atoms with Gasteiger partial charge in [0, 0.05) is 0 Å². The van der Waals surface area contributed by atoms with E-state index in [2.05, 4.69) is 10.00 Å². The van der Waals surface area contributed by atoms with Crippen molar-refractivity contribution in [3.05, 3.63) is 44.0 Å². The van der Waals surface area contributed by atoms with E-state index in [9.17, 15) is 9.59 Å². The highest BCUT2D eigenvalue weighted by atomic mass is 32.1. The van der Waals surface area contributed by atoms with E-state index in [0.717, 1.165) is 47.3 Å². The standard InChI is InChI=1S/C16H18N4O2S/c1-10-5-6-11(2)13-12(10)20-15(22)14(21)19(17-16(20)23-13)9-18-7-3-4-8-18/h5-6H,3-4,7-9H2,1-2H3. The van der Waals surface area contributed by atoms with Crippen LogP contribution >= 0.6 is 11.3 Å². The van der Waals surface area contributed by atoms with E-state index in [1.807, 2.05) is 26.0 Å². The highest BCUT2D eigenvalue weighted by Gasteiger charge is 2.18. The first-order valence-electron chi connectivity index (χ1n) is 7.81. The Balaban J connectivity index is 1.99. The Morgan fingerprint density at radius 2 is 1.78 bits per heavy atom. The van der Waals surface area contributed by atoms with Crippen molar-refractivity contribution in [2.75, 3.05) is 13.1 Å². The fraction of sp³-hybridized carbons (Fsp3) is 0.438. The van der Waals surface area contributed by atoms with Gasteiger partial charge in [-0.15, -0.1) is 5.10 Å². The van der Waals surface area contributed by atoms with Crippen molar-refractivity contribution < 1.29 is 0 Å². The molecular weight excluding hydrogens is 312 g/mol. The van der Waals surface area contributed by atoms with Gasteiger partial charge in [0.05, 0.1) is 16.9 Å². The maximum absolute atomic E-state index is 12.6. The van der Waals surface area contributed by atoms with E-state index in [1.165, 1.54) is 20.4 Å². The van der Waals surface area contributed by atoms with Gasteiger partial charge >= 0.3 is 11.1 Å². The number of thiazole rings is 1. The van der Waals surface area contributed by atoms with Crippen molar-refractivity contribution in [2.45, 2.75) is 33.4 Å². The van der Waals surface area contributed by atoms with Crippen molar-refractivity contribution >= 4 is 26.5 Å². The summed E-state index contributed by atoms with van der Waals surface area (Å²) in [5, 5.41) is 4.46. The summed E-state index contributed by atoms with van der Waals surface area (Å²) in [6, 6.07) is 4.01. The summed E-state index contributed by atoms with van der Waals surface area (Å²) in [4.78, 5) is 27.8. The third-order valence-corrected chi connectivity index (χ3v) is 5.66. The average molecular weight is 330 g/mol. The minimum Gasteiger partial charge on any atom is -0.284 e. The van der Waals surface area contributed by atoms with Gasteiger partial charge in [-0.1, -0.05) is 23.5 Å². The van der Waals surface area contributed by atoms with Crippen molar-refractivity contribution in [1.29, 1.82) is 0 Å². The first-order valence-corrected chi connectivity index (χ1v) is 8.63. The Hall–Kier alpha value is -1.99. The molecule has 1 fully saturated rings. The van der Waals surface area contributed by atoms with Crippen molar-refractivity contribution in [3.63, 3.8) is 0 Å². The zero-order valence-corrected chi connectivity index (χ0v) is 14.0. The molecule has 7 heteroatoms. The normalized spacial score (nSPS) is 15.9. The molecule has 0 atom stereocenters. The van der Waals surface area contributed by atoms with Gasteiger partial charge in [0.1, 0.15) is 0 Å². The van der Waals surface area contributed by atoms with Gasteiger partial charge in [0.2, 0.25) is 4.96 Å². The van der Waals surface area contributed by atoms with Crippen LogP contribution in [0, 0.1) is 13.8 Å². The molecule has 1 aromatic carbocycles. The molecular formula is C16H18N4O2S. The minimum absolute atomic E-state index is 0.400. The Morgan fingerprint density at radius 1 is 1.09 bits per heavy atom. The molecule has 0 amide bonds. The summed E-state index contributed by atoms with van der Waals surface area (Å²) in [6.45, 7) is 6.28. The SMILES string of the molecule is Cc1ccc(C)c2c1sc1nn(CN3CCCC3)c(=O)c(=O)n12. The number of benzene rings is 1. The largest absolute Gasteiger partial charge is 0.334 e. The topological polar surface area (TPSA) is 59.6 Å². The van der Waals surface area contributed by atoms with Crippen LogP contribution in [0.25, 0.3) is 15.2 Å². The maximum Gasteiger partial charge on any atom is 0.334 e. The predicted octanol–water partition coefficient (Wildman–Crippen LogP) is 1.74. The molecule has 0 spiro atoms. The van der Waals surface area contributed by atoms with Crippen LogP contribution in [0.4, 0.5) is 0 Å². The lowest BCUT2D eigenvalue weighted by atomic mass is 10.1. The van der Waals surface area contributed by atoms with Crippen LogP contribution in [0.1, 0.15) is 24.0 Å². The summed E-state index contributed by atoms with van der Waals surface area (Å²) in [5.74, 6) is 0.